The normalized spacial score (nSPS) is 20.9. The van der Waals surface area contributed by atoms with Gasteiger partial charge in [-0.3, -0.25) is 14.5 Å². The average molecular weight is 416 g/mol. The molecule has 1 aromatic heterocycles. The molecule has 0 radical (unpaired) electrons. The molecule has 6 nitrogen and oxygen atoms in total. The number of halogens is 1. The topological polar surface area (TPSA) is 57.0 Å². The van der Waals surface area contributed by atoms with Crippen LogP contribution in [0.4, 0.5) is 0 Å². The van der Waals surface area contributed by atoms with Gasteiger partial charge < -0.3 is 14.2 Å². The Balaban J connectivity index is 1.31. The Labute approximate surface area is 176 Å². The molecule has 2 aromatic rings. The maximum absolute atomic E-state index is 13.1. The molecule has 0 saturated carbocycles. The predicted octanol–water partition coefficient (Wildman–Crippen LogP) is 3.02. The van der Waals surface area contributed by atoms with Gasteiger partial charge in [0.05, 0.1) is 18.7 Å². The third kappa shape index (κ3) is 5.00. The molecule has 1 atom stereocenters. The van der Waals surface area contributed by atoms with E-state index in [-0.39, 0.29) is 17.7 Å². The van der Waals surface area contributed by atoms with E-state index in [0.29, 0.717) is 31.1 Å². The lowest BCUT2D eigenvalue weighted by molar-refractivity contribution is -0.135. The SMILES string of the molecule is O=C1CC(C(=O)N2CCCN(Cc3ccco3)CC2)CN1Cc1ccc(Cl)cc1. The Kier molecular flexibility index (Phi) is 6.21. The van der Waals surface area contributed by atoms with Gasteiger partial charge in [0.1, 0.15) is 5.76 Å². The zero-order valence-corrected chi connectivity index (χ0v) is 17.2. The van der Waals surface area contributed by atoms with Gasteiger partial charge in [0.25, 0.3) is 0 Å². The van der Waals surface area contributed by atoms with Gasteiger partial charge in [-0.2, -0.15) is 0 Å². The van der Waals surface area contributed by atoms with Gasteiger partial charge >= 0.3 is 0 Å². The predicted molar refractivity (Wildman–Crippen MR) is 110 cm³/mol. The zero-order chi connectivity index (χ0) is 20.2. The summed E-state index contributed by atoms with van der Waals surface area (Å²) >= 11 is 5.93. The van der Waals surface area contributed by atoms with Crippen LogP contribution in [-0.4, -0.2) is 59.2 Å². The monoisotopic (exact) mass is 415 g/mol. The number of carbonyl (C=O) groups excluding carboxylic acids is 2. The lowest BCUT2D eigenvalue weighted by atomic mass is 10.1. The summed E-state index contributed by atoms with van der Waals surface area (Å²) in [6.45, 7) is 4.99. The second kappa shape index (κ2) is 9.01. The summed E-state index contributed by atoms with van der Waals surface area (Å²) in [4.78, 5) is 31.5. The number of hydrogen-bond acceptors (Lipinski definition) is 4. The number of rotatable bonds is 5. The van der Waals surface area contributed by atoms with Gasteiger partial charge in [-0.25, -0.2) is 0 Å². The number of nitrogens with zero attached hydrogens (tertiary/aromatic N) is 3. The Morgan fingerprint density at radius 1 is 1.07 bits per heavy atom. The van der Waals surface area contributed by atoms with Crippen molar-refractivity contribution in [3.8, 4) is 0 Å². The molecule has 7 heteroatoms. The molecule has 0 spiro atoms. The third-order valence-corrected chi connectivity index (χ3v) is 5.96. The molecule has 3 heterocycles. The van der Waals surface area contributed by atoms with Crippen LogP contribution >= 0.6 is 11.6 Å². The summed E-state index contributed by atoms with van der Waals surface area (Å²) in [5.74, 6) is 0.861. The van der Waals surface area contributed by atoms with Crippen molar-refractivity contribution in [1.82, 2.24) is 14.7 Å². The number of furan rings is 1. The summed E-state index contributed by atoms with van der Waals surface area (Å²) in [6.07, 6.45) is 2.93. The van der Waals surface area contributed by atoms with E-state index in [4.69, 9.17) is 16.0 Å². The molecule has 154 valence electrons. The van der Waals surface area contributed by atoms with Gasteiger partial charge in [-0.1, -0.05) is 23.7 Å². The molecular formula is C22H26ClN3O3. The van der Waals surface area contributed by atoms with Crippen LogP contribution in [0.3, 0.4) is 0 Å². The summed E-state index contributed by atoms with van der Waals surface area (Å²) in [5, 5.41) is 0.678. The highest BCUT2D eigenvalue weighted by Crippen LogP contribution is 2.23. The van der Waals surface area contributed by atoms with Crippen molar-refractivity contribution in [1.29, 1.82) is 0 Å². The molecule has 1 unspecified atom stereocenters. The van der Waals surface area contributed by atoms with Gasteiger partial charge in [-0.05, 0) is 36.2 Å². The fourth-order valence-electron chi connectivity index (χ4n) is 4.13. The maximum Gasteiger partial charge on any atom is 0.228 e. The summed E-state index contributed by atoms with van der Waals surface area (Å²) < 4.78 is 5.44. The van der Waals surface area contributed by atoms with Crippen LogP contribution in [0.25, 0.3) is 0 Å². The number of carbonyl (C=O) groups is 2. The number of amides is 2. The van der Waals surface area contributed by atoms with Gasteiger partial charge in [0, 0.05) is 50.7 Å². The van der Waals surface area contributed by atoms with E-state index in [1.54, 1.807) is 11.2 Å². The van der Waals surface area contributed by atoms with Crippen LogP contribution in [0, 0.1) is 5.92 Å². The smallest absolute Gasteiger partial charge is 0.228 e. The first-order chi connectivity index (χ1) is 14.1. The van der Waals surface area contributed by atoms with Crippen LogP contribution in [0.1, 0.15) is 24.2 Å². The Morgan fingerprint density at radius 3 is 2.66 bits per heavy atom. The fraction of sp³-hybridized carbons (Fsp3) is 0.455. The molecular weight excluding hydrogens is 390 g/mol. The number of likely N-dealkylation sites (tertiary alicyclic amines) is 1. The molecule has 2 saturated heterocycles. The van der Waals surface area contributed by atoms with E-state index in [2.05, 4.69) is 4.90 Å². The quantitative estimate of drug-likeness (QED) is 0.753. The number of hydrogen-bond donors (Lipinski definition) is 0. The van der Waals surface area contributed by atoms with Crippen molar-refractivity contribution in [3.05, 3.63) is 59.0 Å². The van der Waals surface area contributed by atoms with Gasteiger partial charge in [0.15, 0.2) is 0 Å². The molecule has 4 rings (SSSR count). The van der Waals surface area contributed by atoms with Crippen LogP contribution in [0.2, 0.25) is 5.02 Å². The highest BCUT2D eigenvalue weighted by Gasteiger charge is 2.36. The van der Waals surface area contributed by atoms with Crippen molar-refractivity contribution in [2.75, 3.05) is 32.7 Å². The molecule has 1 aromatic carbocycles. The minimum absolute atomic E-state index is 0.0487. The molecule has 2 aliphatic rings. The van der Waals surface area contributed by atoms with Crippen molar-refractivity contribution in [2.24, 2.45) is 5.92 Å². The molecule has 0 aliphatic carbocycles. The molecule has 29 heavy (non-hydrogen) atoms. The van der Waals surface area contributed by atoms with Gasteiger partial charge in [0.2, 0.25) is 11.8 Å². The molecule has 2 fully saturated rings. The molecule has 2 amide bonds. The van der Waals surface area contributed by atoms with E-state index >= 15 is 0 Å². The second-order valence-corrected chi connectivity index (χ2v) is 8.27. The van der Waals surface area contributed by atoms with E-state index < -0.39 is 0 Å². The average Bonchev–Trinajstić information content (AvgIpc) is 3.28. The molecule has 0 bridgehead atoms. The first-order valence-corrected chi connectivity index (χ1v) is 10.5. The Bertz CT molecular complexity index is 837. The Hall–Kier alpha value is -2.31. The molecule has 0 N–H and O–H groups in total. The van der Waals surface area contributed by atoms with Crippen LogP contribution in [0.15, 0.2) is 47.1 Å². The summed E-state index contributed by atoms with van der Waals surface area (Å²) in [5.41, 5.74) is 1.03. The van der Waals surface area contributed by atoms with E-state index in [1.165, 1.54) is 0 Å². The highest BCUT2D eigenvalue weighted by molar-refractivity contribution is 6.30. The minimum atomic E-state index is -0.244. The van der Waals surface area contributed by atoms with Crippen molar-refractivity contribution < 1.29 is 14.0 Å². The minimum Gasteiger partial charge on any atom is -0.468 e. The highest BCUT2D eigenvalue weighted by atomic mass is 35.5. The van der Waals surface area contributed by atoms with Crippen molar-refractivity contribution in [3.63, 3.8) is 0 Å². The first-order valence-electron chi connectivity index (χ1n) is 10.1. The molecule has 2 aliphatic heterocycles. The summed E-state index contributed by atoms with van der Waals surface area (Å²) in [7, 11) is 0. The zero-order valence-electron chi connectivity index (χ0n) is 16.4. The van der Waals surface area contributed by atoms with E-state index in [0.717, 1.165) is 43.9 Å². The van der Waals surface area contributed by atoms with E-state index in [1.807, 2.05) is 41.3 Å². The largest absolute Gasteiger partial charge is 0.468 e. The van der Waals surface area contributed by atoms with Crippen molar-refractivity contribution in [2.45, 2.75) is 25.9 Å². The van der Waals surface area contributed by atoms with Crippen LogP contribution in [-0.2, 0) is 22.7 Å². The lowest BCUT2D eigenvalue weighted by Gasteiger charge is -2.24. The lowest BCUT2D eigenvalue weighted by Crippen LogP contribution is -2.39. The fourth-order valence-corrected chi connectivity index (χ4v) is 4.26. The number of benzene rings is 1. The Morgan fingerprint density at radius 2 is 1.90 bits per heavy atom. The standard InChI is InChI=1S/C22H26ClN3O3/c23-19-6-4-17(5-7-19)14-26-15-18(13-21(26)27)22(28)25-9-2-8-24(10-11-25)16-20-3-1-12-29-20/h1,3-7,12,18H,2,8-11,13-16H2. The third-order valence-electron chi connectivity index (χ3n) is 5.71. The van der Waals surface area contributed by atoms with Gasteiger partial charge in [-0.15, -0.1) is 0 Å². The second-order valence-electron chi connectivity index (χ2n) is 7.84. The summed E-state index contributed by atoms with van der Waals surface area (Å²) in [6, 6.07) is 11.4. The van der Waals surface area contributed by atoms with Crippen LogP contribution < -0.4 is 0 Å². The van der Waals surface area contributed by atoms with E-state index in [9.17, 15) is 9.59 Å². The van der Waals surface area contributed by atoms with Crippen molar-refractivity contribution >= 4 is 23.4 Å². The first kappa shape index (κ1) is 20.0. The maximum atomic E-state index is 13.1. The van der Waals surface area contributed by atoms with Crippen LogP contribution in [0.5, 0.6) is 0 Å².